The van der Waals surface area contributed by atoms with Gasteiger partial charge in [0.05, 0.1) is 33.1 Å². The molecule has 1 atom stereocenters. The van der Waals surface area contributed by atoms with Crippen LogP contribution in [-0.2, 0) is 0 Å². The van der Waals surface area contributed by atoms with Crippen LogP contribution < -0.4 is 10.4 Å². The number of nitrogens with zero attached hydrogens (tertiary/aromatic N) is 4. The fraction of sp³-hybridized carbons (Fsp3) is 0.353. The van der Waals surface area contributed by atoms with Gasteiger partial charge in [-0.25, -0.2) is 0 Å². The Morgan fingerprint density at radius 2 is 1.76 bits per heavy atom. The van der Waals surface area contributed by atoms with E-state index in [-0.39, 0.29) is 0 Å². The summed E-state index contributed by atoms with van der Waals surface area (Å²) in [6.45, 7) is 2.26. The number of hydrogen-bond donors (Lipinski definition) is 1. The summed E-state index contributed by atoms with van der Waals surface area (Å²) < 4.78 is 0. The second-order valence-corrected chi connectivity index (χ2v) is 6.40. The first-order valence-electron chi connectivity index (χ1n) is 8.75. The molecule has 1 aromatic carbocycles. The molecule has 1 saturated heterocycles. The first-order chi connectivity index (χ1) is 13.7. The number of rotatable bonds is 4. The average Bonchev–Trinajstić information content (AvgIpc) is 2.69. The fourth-order valence-electron chi connectivity index (χ4n) is 3.10. The Morgan fingerprint density at radius 1 is 1.07 bits per heavy atom. The molecule has 0 spiro atoms. The highest BCUT2D eigenvalue weighted by molar-refractivity contribution is 5.69. The second-order valence-electron chi connectivity index (χ2n) is 6.40. The molecule has 0 aliphatic carbocycles. The van der Waals surface area contributed by atoms with Gasteiger partial charge in [-0.05, 0) is 25.8 Å². The van der Waals surface area contributed by atoms with E-state index in [1.54, 1.807) is 0 Å². The van der Waals surface area contributed by atoms with Gasteiger partial charge in [-0.3, -0.25) is 35.3 Å². The van der Waals surface area contributed by atoms with Crippen molar-refractivity contribution in [1.29, 1.82) is 0 Å². The number of aromatic nitrogens is 1. The van der Waals surface area contributed by atoms with Crippen LogP contribution in [-0.4, -0.2) is 26.3 Å². The summed E-state index contributed by atoms with van der Waals surface area (Å²) in [7, 11) is 0. The Labute approximate surface area is 164 Å². The Balaban J connectivity index is 0.000000218. The maximum Gasteiger partial charge on any atom is 0.286 e. The molecule has 1 aliphatic rings. The molecule has 2 heterocycles. The molecule has 2 N–H and O–H groups in total. The highest BCUT2D eigenvalue weighted by Crippen LogP contribution is 2.40. The number of nitro benzene ring substituents is 3. The van der Waals surface area contributed by atoms with Crippen molar-refractivity contribution >= 4 is 17.1 Å². The van der Waals surface area contributed by atoms with Gasteiger partial charge in [0.1, 0.15) is 11.6 Å². The summed E-state index contributed by atoms with van der Waals surface area (Å²) in [6.07, 6.45) is 7.89. The maximum absolute atomic E-state index is 11.3. The largest absolute Gasteiger partial charge is 0.863 e. The van der Waals surface area contributed by atoms with Gasteiger partial charge in [0.25, 0.3) is 17.1 Å². The average molecular weight is 405 g/mol. The van der Waals surface area contributed by atoms with E-state index in [0.717, 1.165) is 6.92 Å². The third-order valence-corrected chi connectivity index (χ3v) is 4.57. The van der Waals surface area contributed by atoms with E-state index < -0.39 is 43.1 Å². The molecule has 0 radical (unpaired) electrons. The van der Waals surface area contributed by atoms with Crippen molar-refractivity contribution in [1.82, 2.24) is 4.98 Å². The number of quaternary nitrogens is 1. The van der Waals surface area contributed by atoms with Gasteiger partial charge in [-0.1, -0.05) is 6.07 Å². The van der Waals surface area contributed by atoms with E-state index in [9.17, 15) is 35.4 Å². The molecule has 1 unspecified atom stereocenters. The molecular formula is C17H19N5O7. The fourth-order valence-corrected chi connectivity index (χ4v) is 3.10. The summed E-state index contributed by atoms with van der Waals surface area (Å²) in [6, 6.07) is 5.30. The Kier molecular flexibility index (Phi) is 7.09. The van der Waals surface area contributed by atoms with Gasteiger partial charge in [0.2, 0.25) is 0 Å². The van der Waals surface area contributed by atoms with Crippen molar-refractivity contribution < 1.29 is 25.2 Å². The topological polar surface area (TPSA) is 182 Å². The monoisotopic (exact) mass is 405 g/mol. The lowest BCUT2D eigenvalue weighted by Gasteiger charge is -2.19. The number of piperidine rings is 1. The lowest BCUT2D eigenvalue weighted by atomic mass is 9.99. The van der Waals surface area contributed by atoms with Crippen LogP contribution in [0.2, 0.25) is 0 Å². The zero-order valence-electron chi connectivity index (χ0n) is 15.5. The van der Waals surface area contributed by atoms with E-state index in [0.29, 0.717) is 12.1 Å². The van der Waals surface area contributed by atoms with Gasteiger partial charge in [-0.2, -0.15) is 0 Å². The summed E-state index contributed by atoms with van der Waals surface area (Å²) in [5.41, 5.74) is -2.28. The van der Waals surface area contributed by atoms with Gasteiger partial charge in [0.15, 0.2) is 0 Å². The Hall–Kier alpha value is -3.67. The number of nitrogens with two attached hydrogens (primary N) is 1. The molecule has 2 aromatic rings. The quantitative estimate of drug-likeness (QED) is 0.588. The predicted octanol–water partition coefficient (Wildman–Crippen LogP) is 1.66. The Morgan fingerprint density at radius 3 is 2.24 bits per heavy atom. The summed E-state index contributed by atoms with van der Waals surface area (Å²) >= 11 is 0. The summed E-state index contributed by atoms with van der Waals surface area (Å²) in [5.74, 6) is -1.44. The number of pyridine rings is 1. The maximum atomic E-state index is 11.3. The second kappa shape index (κ2) is 9.50. The highest BCUT2D eigenvalue weighted by atomic mass is 16.6. The third-order valence-electron chi connectivity index (χ3n) is 4.57. The van der Waals surface area contributed by atoms with Crippen LogP contribution in [0, 0.1) is 37.3 Å². The van der Waals surface area contributed by atoms with Crippen molar-refractivity contribution in [3.63, 3.8) is 0 Å². The minimum atomic E-state index is -1.44. The molecule has 12 heteroatoms. The zero-order chi connectivity index (χ0) is 21.6. The van der Waals surface area contributed by atoms with Gasteiger partial charge in [0, 0.05) is 24.4 Å². The van der Waals surface area contributed by atoms with Crippen molar-refractivity contribution in [2.24, 2.45) is 0 Å². The molecule has 29 heavy (non-hydrogen) atoms. The molecule has 0 saturated carbocycles. The minimum Gasteiger partial charge on any atom is -0.863 e. The van der Waals surface area contributed by atoms with Crippen molar-refractivity contribution in [2.45, 2.75) is 32.2 Å². The SMILES string of the molecule is Cc1c([N+](=O)[O-])cc([N+](=O)[O-])c([O-])c1[N+](=O)[O-].c1cncc(C2CCCC[NH2+]2)c1. The van der Waals surface area contributed by atoms with Crippen molar-refractivity contribution in [3.8, 4) is 5.75 Å². The number of hydrogen-bond acceptors (Lipinski definition) is 8. The normalized spacial score (nSPS) is 15.7. The highest BCUT2D eigenvalue weighted by Gasteiger charge is 2.29. The van der Waals surface area contributed by atoms with E-state index in [1.807, 2.05) is 18.5 Å². The van der Waals surface area contributed by atoms with Crippen molar-refractivity contribution in [3.05, 3.63) is 72.1 Å². The van der Waals surface area contributed by atoms with E-state index in [1.165, 1.54) is 31.4 Å². The van der Waals surface area contributed by atoms with Crippen LogP contribution in [0.3, 0.4) is 0 Å². The first-order valence-corrected chi connectivity index (χ1v) is 8.75. The van der Waals surface area contributed by atoms with Crippen LogP contribution in [0.4, 0.5) is 17.1 Å². The molecule has 0 amide bonds. The van der Waals surface area contributed by atoms with Gasteiger partial charge < -0.3 is 10.4 Å². The molecular weight excluding hydrogens is 386 g/mol. The molecule has 1 fully saturated rings. The van der Waals surface area contributed by atoms with Crippen LogP contribution >= 0.6 is 0 Å². The molecule has 1 aliphatic heterocycles. The lowest BCUT2D eigenvalue weighted by molar-refractivity contribution is -0.704. The zero-order valence-corrected chi connectivity index (χ0v) is 15.5. The third kappa shape index (κ3) is 5.19. The molecule has 3 rings (SSSR count). The summed E-state index contributed by atoms with van der Waals surface area (Å²) in [5, 5.41) is 45.3. The van der Waals surface area contributed by atoms with Crippen LogP contribution in [0.1, 0.15) is 36.4 Å². The van der Waals surface area contributed by atoms with Crippen LogP contribution in [0.5, 0.6) is 5.75 Å². The van der Waals surface area contributed by atoms with E-state index >= 15 is 0 Å². The molecule has 154 valence electrons. The standard InChI is InChI=1S/C10H14N2.C7H5N3O7/c1-2-7-12-10(5-1)9-4-3-6-11-8-9;1-3-4(8(12)13)2-5(9(14)15)7(11)6(3)10(16)17/h3-4,6,8,10,12H,1-2,5,7H2;2,11H,1H3. The van der Waals surface area contributed by atoms with Gasteiger partial charge >= 0.3 is 0 Å². The van der Waals surface area contributed by atoms with Crippen LogP contribution in [0.15, 0.2) is 30.6 Å². The van der Waals surface area contributed by atoms with Gasteiger partial charge in [-0.15, -0.1) is 0 Å². The Bertz CT molecular complexity index is 876. The van der Waals surface area contributed by atoms with E-state index in [4.69, 9.17) is 0 Å². The smallest absolute Gasteiger partial charge is 0.286 e. The van der Waals surface area contributed by atoms with Crippen LogP contribution in [0.25, 0.3) is 0 Å². The first kappa shape index (κ1) is 21.6. The summed E-state index contributed by atoms with van der Waals surface area (Å²) in [4.78, 5) is 32.3. The predicted molar refractivity (Wildman–Crippen MR) is 98.2 cm³/mol. The minimum absolute atomic E-state index is 0.421. The van der Waals surface area contributed by atoms with E-state index in [2.05, 4.69) is 16.4 Å². The lowest BCUT2D eigenvalue weighted by Crippen LogP contribution is -2.86. The number of nitro groups is 3. The molecule has 0 bridgehead atoms. The molecule has 12 nitrogen and oxygen atoms in total. The number of benzene rings is 1. The van der Waals surface area contributed by atoms with Crippen molar-refractivity contribution in [2.75, 3.05) is 6.54 Å². The molecule has 1 aromatic heterocycles.